The van der Waals surface area contributed by atoms with Gasteiger partial charge in [-0.15, -0.1) is 0 Å². The molecular weight excluding hydrogens is 538 g/mol. The van der Waals surface area contributed by atoms with Crippen LogP contribution < -0.4 is 93.0 Å². The summed E-state index contributed by atoms with van der Waals surface area (Å²) in [6.07, 6.45) is 0.807. The van der Waals surface area contributed by atoms with Gasteiger partial charge < -0.3 is 43.5 Å². The monoisotopic (exact) mass is 564 g/mol. The van der Waals surface area contributed by atoms with Crippen molar-refractivity contribution in [1.82, 2.24) is 0 Å². The summed E-state index contributed by atoms with van der Waals surface area (Å²) in [7, 11) is 1.47. The van der Waals surface area contributed by atoms with Crippen LogP contribution in [-0.4, -0.2) is 39.1 Å². The molecular formula is C29H26Na2O9. The summed E-state index contributed by atoms with van der Waals surface area (Å²) in [5.41, 5.74) is 2.71. The van der Waals surface area contributed by atoms with Crippen LogP contribution >= 0.6 is 0 Å². The van der Waals surface area contributed by atoms with Crippen LogP contribution in [0.1, 0.15) is 47.4 Å². The summed E-state index contributed by atoms with van der Waals surface area (Å²) >= 11 is 0. The number of carboxylic acids is 2. The van der Waals surface area contributed by atoms with Gasteiger partial charge in [-0.1, -0.05) is 25.1 Å². The number of hydrogen-bond acceptors (Lipinski definition) is 9. The van der Waals surface area contributed by atoms with Crippen molar-refractivity contribution in [3.05, 3.63) is 76.9 Å². The first-order valence-electron chi connectivity index (χ1n) is 12.3. The zero-order valence-corrected chi connectivity index (χ0v) is 26.9. The fraction of sp³-hybridized carbons (Fsp3) is 0.310. The molecule has 3 aromatic carbocycles. The van der Waals surface area contributed by atoms with Gasteiger partial charge in [0, 0.05) is 35.4 Å². The normalized spacial score (nSPS) is 18.1. The van der Waals surface area contributed by atoms with Crippen LogP contribution in [0.15, 0.2) is 54.6 Å². The van der Waals surface area contributed by atoms with Gasteiger partial charge in [0.05, 0.1) is 19.7 Å². The van der Waals surface area contributed by atoms with Gasteiger partial charge >= 0.3 is 59.1 Å². The molecule has 0 amide bonds. The average molecular weight is 564 g/mol. The number of rotatable bonds is 10. The molecule has 0 bridgehead atoms. The molecule has 0 N–H and O–H groups in total. The van der Waals surface area contributed by atoms with E-state index in [0.717, 1.165) is 23.1 Å². The molecule has 3 atom stereocenters. The van der Waals surface area contributed by atoms with Crippen molar-refractivity contribution in [2.75, 3.05) is 27.1 Å². The molecule has 1 aliphatic carbocycles. The smallest absolute Gasteiger partial charge is 0.550 e. The van der Waals surface area contributed by atoms with E-state index in [0.29, 0.717) is 35.2 Å². The third-order valence-electron chi connectivity index (χ3n) is 6.85. The molecule has 1 heterocycles. The fourth-order valence-corrected chi connectivity index (χ4v) is 5.28. The Kier molecular flexibility index (Phi) is 11.2. The van der Waals surface area contributed by atoms with Crippen LogP contribution in [0.2, 0.25) is 0 Å². The minimum Gasteiger partial charge on any atom is -0.550 e. The van der Waals surface area contributed by atoms with Gasteiger partial charge in [-0.25, -0.2) is 0 Å². The van der Waals surface area contributed by atoms with E-state index in [1.54, 1.807) is 24.3 Å². The van der Waals surface area contributed by atoms with Crippen LogP contribution in [0, 0.1) is 5.92 Å². The van der Waals surface area contributed by atoms with E-state index in [-0.39, 0.29) is 71.7 Å². The first-order chi connectivity index (χ1) is 18.4. The molecule has 0 fully saturated rings. The SMILES string of the molecule is CCCOc1ccc2c(c1)[C@@H](c1ccc(OC)cc1OCC(=O)[O-])[C@H](C(=O)[O-])[C@H]2c1ccc2c(c1)OCO2.[Na+].[Na+]. The van der Waals surface area contributed by atoms with Crippen LogP contribution in [0.25, 0.3) is 0 Å². The molecule has 5 rings (SSSR count). The second-order valence-electron chi connectivity index (χ2n) is 9.12. The molecule has 9 nitrogen and oxygen atoms in total. The number of ether oxygens (including phenoxy) is 5. The van der Waals surface area contributed by atoms with Gasteiger partial charge in [0.15, 0.2) is 11.5 Å². The van der Waals surface area contributed by atoms with Crippen LogP contribution in [0.3, 0.4) is 0 Å². The van der Waals surface area contributed by atoms with E-state index in [2.05, 4.69) is 0 Å². The Morgan fingerprint density at radius 3 is 2.27 bits per heavy atom. The summed E-state index contributed by atoms with van der Waals surface area (Å²) < 4.78 is 27.7. The Labute approximate surface area is 276 Å². The van der Waals surface area contributed by atoms with Crippen molar-refractivity contribution in [3.63, 3.8) is 0 Å². The maximum absolute atomic E-state index is 12.9. The van der Waals surface area contributed by atoms with E-state index in [1.807, 2.05) is 31.2 Å². The Morgan fingerprint density at radius 2 is 1.57 bits per heavy atom. The predicted molar refractivity (Wildman–Crippen MR) is 130 cm³/mol. The van der Waals surface area contributed by atoms with Crippen molar-refractivity contribution in [2.24, 2.45) is 5.92 Å². The minimum absolute atomic E-state index is 0. The molecule has 0 aromatic heterocycles. The number of carbonyl (C=O) groups is 2. The van der Waals surface area contributed by atoms with Gasteiger partial charge in [-0.2, -0.15) is 0 Å². The zero-order valence-electron chi connectivity index (χ0n) is 22.9. The van der Waals surface area contributed by atoms with Crippen molar-refractivity contribution in [1.29, 1.82) is 0 Å². The number of benzene rings is 3. The van der Waals surface area contributed by atoms with Gasteiger partial charge in [0.1, 0.15) is 23.9 Å². The predicted octanol–water partition coefficient (Wildman–Crippen LogP) is -4.01. The summed E-state index contributed by atoms with van der Waals surface area (Å²) in [6.45, 7) is 1.88. The molecule has 3 aromatic rings. The van der Waals surface area contributed by atoms with E-state index >= 15 is 0 Å². The van der Waals surface area contributed by atoms with E-state index in [1.165, 1.54) is 13.2 Å². The van der Waals surface area contributed by atoms with Gasteiger partial charge in [-0.05, 0) is 53.4 Å². The Hall–Kier alpha value is -2.40. The molecule has 2 aliphatic rings. The van der Waals surface area contributed by atoms with Crippen LogP contribution in [0.4, 0.5) is 0 Å². The first-order valence-corrected chi connectivity index (χ1v) is 12.3. The standard InChI is InChI=1S/C29H28O9.2Na/c1-3-10-35-18-6-7-19-21(12-18)27(20-8-5-17(34-2)13-23(20)36-14-25(30)31)28(29(32)33)26(19)16-4-9-22-24(11-16)38-15-37-22;;/h4-9,11-13,26-28H,3,10,14-15H2,1-2H3,(H,30,31)(H,32,33);;/q;2*+1/p-2/t26-,27+,28+;;/m0../s1. The third-order valence-corrected chi connectivity index (χ3v) is 6.85. The number of carbonyl (C=O) groups excluding carboxylic acids is 2. The van der Waals surface area contributed by atoms with E-state index in [4.69, 9.17) is 23.7 Å². The summed E-state index contributed by atoms with van der Waals surface area (Å²) in [5, 5.41) is 24.1. The van der Waals surface area contributed by atoms with Crippen molar-refractivity contribution in [3.8, 4) is 28.7 Å². The van der Waals surface area contributed by atoms with Crippen molar-refractivity contribution >= 4 is 11.9 Å². The molecule has 40 heavy (non-hydrogen) atoms. The Balaban J connectivity index is 0.00000220. The number of methoxy groups -OCH3 is 1. The zero-order chi connectivity index (χ0) is 26.8. The Bertz CT molecular complexity index is 1380. The van der Waals surface area contributed by atoms with Gasteiger partial charge in [0.2, 0.25) is 6.79 Å². The molecule has 0 unspecified atom stereocenters. The second-order valence-corrected chi connectivity index (χ2v) is 9.12. The number of aliphatic carboxylic acids is 2. The fourth-order valence-electron chi connectivity index (χ4n) is 5.28. The third kappa shape index (κ3) is 6.40. The molecule has 1 aliphatic heterocycles. The minimum atomic E-state index is -1.41. The topological polar surface area (TPSA) is 126 Å². The molecule has 0 spiro atoms. The van der Waals surface area contributed by atoms with Gasteiger partial charge in [0.25, 0.3) is 0 Å². The molecule has 0 radical (unpaired) electrons. The van der Waals surface area contributed by atoms with E-state index < -0.39 is 36.3 Å². The molecule has 11 heteroatoms. The van der Waals surface area contributed by atoms with Crippen molar-refractivity contribution in [2.45, 2.75) is 25.2 Å². The maximum atomic E-state index is 12.9. The molecule has 0 saturated heterocycles. The summed E-state index contributed by atoms with van der Waals surface area (Å²) in [4.78, 5) is 24.1. The van der Waals surface area contributed by atoms with Crippen molar-refractivity contribution < 1.29 is 103 Å². The van der Waals surface area contributed by atoms with E-state index in [9.17, 15) is 19.8 Å². The number of fused-ring (bicyclic) bond motifs is 2. The summed E-state index contributed by atoms with van der Waals surface area (Å²) in [5.74, 6) is -2.71. The quantitative estimate of drug-likeness (QED) is 0.227. The second kappa shape index (κ2) is 14.0. The Morgan fingerprint density at radius 1 is 0.850 bits per heavy atom. The molecule has 0 saturated carbocycles. The largest absolute Gasteiger partial charge is 1.00 e. The first kappa shape index (κ1) is 32.1. The van der Waals surface area contributed by atoms with Gasteiger partial charge in [-0.3, -0.25) is 0 Å². The average Bonchev–Trinajstić information content (AvgIpc) is 3.52. The number of carboxylic acid groups (broad SMARTS) is 2. The number of hydrogen-bond donors (Lipinski definition) is 0. The summed E-state index contributed by atoms with van der Waals surface area (Å²) in [6, 6.07) is 15.8. The molecule has 198 valence electrons. The maximum Gasteiger partial charge on any atom is 1.00 e. The van der Waals surface area contributed by atoms with Crippen LogP contribution in [-0.2, 0) is 9.59 Å². The van der Waals surface area contributed by atoms with Crippen LogP contribution in [0.5, 0.6) is 28.7 Å².